The molecule has 0 aromatic heterocycles. The fourth-order valence-electron chi connectivity index (χ4n) is 1.57. The van der Waals surface area contributed by atoms with E-state index in [0.29, 0.717) is 18.4 Å². The minimum Gasteiger partial charge on any atom is -0.396 e. The molecule has 0 aliphatic carbocycles. The molecule has 0 amide bonds. The zero-order valence-corrected chi connectivity index (χ0v) is 9.11. The summed E-state index contributed by atoms with van der Waals surface area (Å²) in [5.41, 5.74) is 1.40. The molecule has 0 heterocycles. The van der Waals surface area contributed by atoms with Gasteiger partial charge in [-0.1, -0.05) is 44.2 Å². The van der Waals surface area contributed by atoms with E-state index in [1.807, 2.05) is 6.07 Å². The summed E-state index contributed by atoms with van der Waals surface area (Å²) in [5, 5.41) is 8.92. The molecule has 1 heteroatoms. The Kier molecular flexibility index (Phi) is 4.68. The highest BCUT2D eigenvalue weighted by Crippen LogP contribution is 2.22. The van der Waals surface area contributed by atoms with Crippen molar-refractivity contribution >= 4 is 0 Å². The minimum absolute atomic E-state index is 0.307. The second-order valence-electron chi connectivity index (χ2n) is 4.18. The van der Waals surface area contributed by atoms with Gasteiger partial charge in [-0.25, -0.2) is 0 Å². The molecular formula is C13H20O. The van der Waals surface area contributed by atoms with E-state index >= 15 is 0 Å². The summed E-state index contributed by atoms with van der Waals surface area (Å²) in [4.78, 5) is 0. The molecule has 78 valence electrons. The van der Waals surface area contributed by atoms with Crippen molar-refractivity contribution in [1.82, 2.24) is 0 Å². The van der Waals surface area contributed by atoms with Crippen LogP contribution in [0.25, 0.3) is 0 Å². The molecule has 0 aliphatic heterocycles. The van der Waals surface area contributed by atoms with Crippen LogP contribution < -0.4 is 0 Å². The fourth-order valence-corrected chi connectivity index (χ4v) is 1.57. The van der Waals surface area contributed by atoms with Crippen LogP contribution in [0.15, 0.2) is 30.3 Å². The Morgan fingerprint density at radius 1 is 1.07 bits per heavy atom. The second-order valence-corrected chi connectivity index (χ2v) is 4.18. The molecule has 0 spiro atoms. The van der Waals surface area contributed by atoms with Crippen LogP contribution in [0, 0.1) is 5.92 Å². The maximum atomic E-state index is 8.92. The lowest BCUT2D eigenvalue weighted by Crippen LogP contribution is -2.03. The Morgan fingerprint density at radius 3 is 2.29 bits per heavy atom. The molecule has 2 atom stereocenters. The highest BCUT2D eigenvalue weighted by Gasteiger charge is 2.07. The van der Waals surface area contributed by atoms with Crippen LogP contribution in [-0.4, -0.2) is 11.7 Å². The van der Waals surface area contributed by atoms with Crippen LogP contribution in [0.2, 0.25) is 0 Å². The summed E-state index contributed by atoms with van der Waals surface area (Å²) >= 11 is 0. The van der Waals surface area contributed by atoms with E-state index in [2.05, 4.69) is 38.1 Å². The van der Waals surface area contributed by atoms with E-state index in [9.17, 15) is 0 Å². The Balaban J connectivity index is 2.39. The van der Waals surface area contributed by atoms with Gasteiger partial charge in [-0.15, -0.1) is 0 Å². The lowest BCUT2D eigenvalue weighted by molar-refractivity contribution is 0.226. The molecule has 0 bridgehead atoms. The molecular weight excluding hydrogens is 172 g/mol. The lowest BCUT2D eigenvalue weighted by atomic mass is 9.93. The normalized spacial score (nSPS) is 15.1. The average Bonchev–Trinajstić information content (AvgIpc) is 2.26. The van der Waals surface area contributed by atoms with Crippen molar-refractivity contribution in [2.75, 3.05) is 6.61 Å². The molecule has 1 N–H and O–H groups in total. The first kappa shape index (κ1) is 11.3. The summed E-state index contributed by atoms with van der Waals surface area (Å²) in [6.07, 6.45) is 2.26. The summed E-state index contributed by atoms with van der Waals surface area (Å²) in [7, 11) is 0. The molecule has 0 radical (unpaired) electrons. The quantitative estimate of drug-likeness (QED) is 0.759. The molecule has 1 rings (SSSR count). The summed E-state index contributed by atoms with van der Waals surface area (Å²) in [6, 6.07) is 10.6. The van der Waals surface area contributed by atoms with Gasteiger partial charge < -0.3 is 5.11 Å². The largest absolute Gasteiger partial charge is 0.396 e. The maximum absolute atomic E-state index is 8.92. The van der Waals surface area contributed by atoms with Crippen molar-refractivity contribution in [3.8, 4) is 0 Å². The molecule has 1 aromatic carbocycles. The van der Waals surface area contributed by atoms with E-state index < -0.39 is 0 Å². The molecule has 0 saturated carbocycles. The van der Waals surface area contributed by atoms with Gasteiger partial charge in [0.05, 0.1) is 0 Å². The first-order chi connectivity index (χ1) is 6.74. The van der Waals surface area contributed by atoms with Crippen molar-refractivity contribution < 1.29 is 5.11 Å². The topological polar surface area (TPSA) is 20.2 Å². The van der Waals surface area contributed by atoms with Gasteiger partial charge in [-0.2, -0.15) is 0 Å². The number of aliphatic hydroxyl groups is 1. The third-order valence-corrected chi connectivity index (χ3v) is 2.77. The Morgan fingerprint density at radius 2 is 1.71 bits per heavy atom. The van der Waals surface area contributed by atoms with Crippen LogP contribution in [0.3, 0.4) is 0 Å². The van der Waals surface area contributed by atoms with E-state index in [1.54, 1.807) is 0 Å². The minimum atomic E-state index is 0.307. The fraction of sp³-hybridized carbons (Fsp3) is 0.538. The molecule has 14 heavy (non-hydrogen) atoms. The van der Waals surface area contributed by atoms with Gasteiger partial charge >= 0.3 is 0 Å². The SMILES string of the molecule is CC(CO)CCC(C)c1ccccc1. The number of benzene rings is 1. The summed E-state index contributed by atoms with van der Waals surface area (Å²) < 4.78 is 0. The van der Waals surface area contributed by atoms with Crippen LogP contribution in [0.5, 0.6) is 0 Å². The smallest absolute Gasteiger partial charge is 0.0456 e. The zero-order chi connectivity index (χ0) is 10.4. The molecule has 2 unspecified atom stereocenters. The van der Waals surface area contributed by atoms with E-state index in [4.69, 9.17) is 5.11 Å². The number of hydrogen-bond donors (Lipinski definition) is 1. The van der Waals surface area contributed by atoms with Gasteiger partial charge in [0.15, 0.2) is 0 Å². The molecule has 0 saturated heterocycles. The van der Waals surface area contributed by atoms with Crippen molar-refractivity contribution in [3.05, 3.63) is 35.9 Å². The second kappa shape index (κ2) is 5.82. The highest BCUT2D eigenvalue weighted by atomic mass is 16.3. The molecule has 0 fully saturated rings. The Labute approximate surface area is 86.8 Å². The predicted octanol–water partition coefficient (Wildman–Crippen LogP) is 3.20. The maximum Gasteiger partial charge on any atom is 0.0456 e. The molecule has 1 nitrogen and oxygen atoms in total. The molecule has 0 aliphatic rings. The van der Waals surface area contributed by atoms with Crippen molar-refractivity contribution in [2.24, 2.45) is 5.92 Å². The van der Waals surface area contributed by atoms with Crippen LogP contribution in [0.1, 0.15) is 38.2 Å². The summed E-state index contributed by atoms with van der Waals surface area (Å²) in [5.74, 6) is 1.03. The van der Waals surface area contributed by atoms with Crippen LogP contribution in [-0.2, 0) is 0 Å². The highest BCUT2D eigenvalue weighted by molar-refractivity contribution is 5.18. The first-order valence-corrected chi connectivity index (χ1v) is 5.40. The number of rotatable bonds is 5. The standard InChI is InChI=1S/C13H20O/c1-11(10-14)8-9-12(2)13-6-4-3-5-7-13/h3-7,11-12,14H,8-10H2,1-2H3. The van der Waals surface area contributed by atoms with Crippen molar-refractivity contribution in [1.29, 1.82) is 0 Å². The Bertz CT molecular complexity index is 243. The van der Waals surface area contributed by atoms with Crippen molar-refractivity contribution in [3.63, 3.8) is 0 Å². The van der Waals surface area contributed by atoms with Gasteiger partial charge in [0.2, 0.25) is 0 Å². The monoisotopic (exact) mass is 192 g/mol. The third-order valence-electron chi connectivity index (χ3n) is 2.77. The number of hydrogen-bond acceptors (Lipinski definition) is 1. The van der Waals surface area contributed by atoms with Gasteiger partial charge in [-0.3, -0.25) is 0 Å². The van der Waals surface area contributed by atoms with Gasteiger partial charge in [-0.05, 0) is 30.2 Å². The van der Waals surface area contributed by atoms with Crippen LogP contribution >= 0.6 is 0 Å². The number of aliphatic hydroxyl groups excluding tert-OH is 1. The molecule has 1 aromatic rings. The predicted molar refractivity (Wildman–Crippen MR) is 60.3 cm³/mol. The van der Waals surface area contributed by atoms with Crippen LogP contribution in [0.4, 0.5) is 0 Å². The lowest BCUT2D eigenvalue weighted by Gasteiger charge is -2.14. The first-order valence-electron chi connectivity index (χ1n) is 5.40. The van der Waals surface area contributed by atoms with Gasteiger partial charge in [0, 0.05) is 6.61 Å². The van der Waals surface area contributed by atoms with E-state index in [-0.39, 0.29) is 0 Å². The van der Waals surface area contributed by atoms with E-state index in [1.165, 1.54) is 5.56 Å². The van der Waals surface area contributed by atoms with E-state index in [0.717, 1.165) is 12.8 Å². The van der Waals surface area contributed by atoms with Crippen molar-refractivity contribution in [2.45, 2.75) is 32.6 Å². The average molecular weight is 192 g/mol. The van der Waals surface area contributed by atoms with Gasteiger partial charge in [0.25, 0.3) is 0 Å². The third kappa shape index (κ3) is 3.51. The zero-order valence-electron chi connectivity index (χ0n) is 9.11. The summed E-state index contributed by atoms with van der Waals surface area (Å²) in [6.45, 7) is 4.65. The van der Waals surface area contributed by atoms with Gasteiger partial charge in [0.1, 0.15) is 0 Å². The Hall–Kier alpha value is -0.820.